The molecule has 0 N–H and O–H groups in total. The third-order valence-electron chi connectivity index (χ3n) is 13.5. The molecule has 2 aromatic heterocycles. The van der Waals surface area contributed by atoms with E-state index >= 15 is 0 Å². The standard InChI is InChI=1S/C56H40N2/c1-55(2)46-20-10-8-17-42(46)51-43(18-11-21-47(51)55)50-39-15-5-6-16-40(39)52(49-29-26-34-23-22-33-13-12-30-57-53(33)54(34)58-49)41-28-25-35(31-44(41)50)36-24-27-38-37-14-7-9-19-45(37)56(3,4)48(38)32-36/h5-32H,1-4H3. The van der Waals surface area contributed by atoms with Crippen molar-refractivity contribution in [1.29, 1.82) is 0 Å². The molecule has 2 nitrogen and oxygen atoms in total. The second-order valence-corrected chi connectivity index (χ2v) is 17.3. The molecule has 58 heavy (non-hydrogen) atoms. The predicted octanol–water partition coefficient (Wildman–Crippen LogP) is 14.7. The van der Waals surface area contributed by atoms with Crippen LogP contribution in [0.3, 0.4) is 0 Å². The number of nitrogens with zero attached hydrogens (tertiary/aromatic N) is 2. The van der Waals surface area contributed by atoms with E-state index in [0.29, 0.717) is 0 Å². The van der Waals surface area contributed by atoms with Gasteiger partial charge in [0.1, 0.15) is 0 Å². The van der Waals surface area contributed by atoms with Gasteiger partial charge in [-0.05, 0) is 113 Å². The van der Waals surface area contributed by atoms with Gasteiger partial charge < -0.3 is 0 Å². The van der Waals surface area contributed by atoms with Crippen LogP contribution >= 0.6 is 0 Å². The van der Waals surface area contributed by atoms with Gasteiger partial charge in [0.2, 0.25) is 0 Å². The molecule has 274 valence electrons. The average Bonchev–Trinajstić information content (AvgIpc) is 3.64. The van der Waals surface area contributed by atoms with Gasteiger partial charge in [-0.2, -0.15) is 0 Å². The molecule has 0 saturated carbocycles. The van der Waals surface area contributed by atoms with Crippen LogP contribution in [0.15, 0.2) is 170 Å². The molecule has 0 saturated heterocycles. The molecule has 0 unspecified atom stereocenters. The molecule has 0 bridgehead atoms. The number of rotatable bonds is 3. The Morgan fingerprint density at radius 2 is 0.948 bits per heavy atom. The van der Waals surface area contributed by atoms with Crippen LogP contribution < -0.4 is 0 Å². The first-order valence-electron chi connectivity index (χ1n) is 20.4. The maximum atomic E-state index is 5.48. The van der Waals surface area contributed by atoms with Gasteiger partial charge >= 0.3 is 0 Å². The topological polar surface area (TPSA) is 25.8 Å². The Balaban J connectivity index is 1.18. The zero-order valence-corrected chi connectivity index (χ0v) is 33.1. The lowest BCUT2D eigenvalue weighted by atomic mass is 9.80. The highest BCUT2D eigenvalue weighted by molar-refractivity contribution is 6.23. The van der Waals surface area contributed by atoms with E-state index in [9.17, 15) is 0 Å². The highest BCUT2D eigenvalue weighted by atomic mass is 14.8. The van der Waals surface area contributed by atoms with Gasteiger partial charge in [0.05, 0.1) is 16.7 Å². The normalized spacial score (nSPS) is 14.5. The number of pyridine rings is 2. The summed E-state index contributed by atoms with van der Waals surface area (Å²) < 4.78 is 0. The summed E-state index contributed by atoms with van der Waals surface area (Å²) >= 11 is 0. The SMILES string of the molecule is CC1(C)c2ccccc2-c2ccc(-c3ccc4c(-c5ccc6ccc7cccnc7c6n5)c5ccccc5c(-c5cccc6c5-c5ccccc5C6(C)C)c4c3)cc21. The van der Waals surface area contributed by atoms with Crippen LogP contribution in [0.5, 0.6) is 0 Å². The van der Waals surface area contributed by atoms with Crippen LogP contribution in [0.1, 0.15) is 49.9 Å². The van der Waals surface area contributed by atoms with E-state index in [1.807, 2.05) is 12.3 Å². The van der Waals surface area contributed by atoms with E-state index < -0.39 is 0 Å². The largest absolute Gasteiger partial charge is 0.254 e. The quantitative estimate of drug-likeness (QED) is 0.133. The Morgan fingerprint density at radius 3 is 1.78 bits per heavy atom. The summed E-state index contributed by atoms with van der Waals surface area (Å²) in [7, 11) is 0. The minimum absolute atomic E-state index is 0.0844. The lowest BCUT2D eigenvalue weighted by Gasteiger charge is -2.23. The highest BCUT2D eigenvalue weighted by Crippen LogP contribution is 2.55. The fourth-order valence-electron chi connectivity index (χ4n) is 10.6. The molecule has 2 heteroatoms. The summed E-state index contributed by atoms with van der Waals surface area (Å²) in [5.74, 6) is 0. The van der Waals surface area contributed by atoms with E-state index in [1.54, 1.807) is 0 Å². The summed E-state index contributed by atoms with van der Waals surface area (Å²) in [6.07, 6.45) is 1.87. The number of hydrogen-bond acceptors (Lipinski definition) is 2. The zero-order valence-electron chi connectivity index (χ0n) is 33.1. The molecule has 10 aromatic rings. The molecule has 0 fully saturated rings. The fraction of sp³-hybridized carbons (Fsp3) is 0.107. The summed E-state index contributed by atoms with van der Waals surface area (Å²) in [5, 5.41) is 7.01. The molecular weight excluding hydrogens is 701 g/mol. The first-order valence-corrected chi connectivity index (χ1v) is 20.4. The van der Waals surface area contributed by atoms with Crippen molar-refractivity contribution in [1.82, 2.24) is 9.97 Å². The molecule has 8 aromatic carbocycles. The third-order valence-corrected chi connectivity index (χ3v) is 13.5. The van der Waals surface area contributed by atoms with Crippen LogP contribution in [0.2, 0.25) is 0 Å². The molecule has 0 amide bonds. The molecular formula is C56H40N2. The van der Waals surface area contributed by atoms with Crippen molar-refractivity contribution in [3.05, 3.63) is 192 Å². The minimum atomic E-state index is -0.112. The average molecular weight is 741 g/mol. The second-order valence-electron chi connectivity index (χ2n) is 17.3. The van der Waals surface area contributed by atoms with Crippen molar-refractivity contribution in [3.8, 4) is 55.8 Å². The van der Waals surface area contributed by atoms with Crippen LogP contribution in [0, 0.1) is 0 Å². The molecule has 0 atom stereocenters. The maximum absolute atomic E-state index is 5.48. The van der Waals surface area contributed by atoms with Crippen molar-refractivity contribution in [2.45, 2.75) is 38.5 Å². The summed E-state index contributed by atoms with van der Waals surface area (Å²) in [5.41, 5.74) is 19.6. The minimum Gasteiger partial charge on any atom is -0.254 e. The van der Waals surface area contributed by atoms with Crippen molar-refractivity contribution < 1.29 is 0 Å². The van der Waals surface area contributed by atoms with Crippen LogP contribution in [0.25, 0.3) is 99.1 Å². The van der Waals surface area contributed by atoms with Crippen molar-refractivity contribution >= 4 is 43.4 Å². The van der Waals surface area contributed by atoms with Gasteiger partial charge in [0.25, 0.3) is 0 Å². The second kappa shape index (κ2) is 11.8. The first-order chi connectivity index (χ1) is 28.3. The summed E-state index contributed by atoms with van der Waals surface area (Å²) in [4.78, 5) is 10.3. The zero-order chi connectivity index (χ0) is 38.9. The Bertz CT molecular complexity index is 3400. The number of fused-ring (bicyclic) bond motifs is 11. The van der Waals surface area contributed by atoms with E-state index in [0.717, 1.165) is 33.1 Å². The monoisotopic (exact) mass is 740 g/mol. The Kier molecular flexibility index (Phi) is 6.78. The van der Waals surface area contributed by atoms with Gasteiger partial charge in [-0.1, -0.05) is 167 Å². The van der Waals surface area contributed by atoms with Gasteiger partial charge in [-0.25, -0.2) is 4.98 Å². The maximum Gasteiger partial charge on any atom is 0.0972 e. The van der Waals surface area contributed by atoms with Gasteiger partial charge in [0.15, 0.2) is 0 Å². The Labute approximate surface area is 338 Å². The molecule has 2 aliphatic rings. The highest BCUT2D eigenvalue weighted by Gasteiger charge is 2.38. The Hall–Kier alpha value is -6.90. The van der Waals surface area contributed by atoms with Crippen LogP contribution in [-0.2, 0) is 10.8 Å². The van der Waals surface area contributed by atoms with Gasteiger partial charge in [0, 0.05) is 33.4 Å². The lowest BCUT2D eigenvalue weighted by Crippen LogP contribution is -2.14. The number of benzene rings is 8. The number of hydrogen-bond donors (Lipinski definition) is 0. The third kappa shape index (κ3) is 4.49. The summed E-state index contributed by atoms with van der Waals surface area (Å²) in [6, 6.07) is 60.9. The van der Waals surface area contributed by atoms with E-state index in [-0.39, 0.29) is 10.8 Å². The van der Waals surface area contributed by atoms with Crippen LogP contribution in [-0.4, -0.2) is 9.97 Å². The van der Waals surface area contributed by atoms with Gasteiger partial charge in [-0.15, -0.1) is 0 Å². The number of aromatic nitrogens is 2. The molecule has 2 heterocycles. The molecule has 12 rings (SSSR count). The van der Waals surface area contributed by atoms with E-state index in [4.69, 9.17) is 9.97 Å². The van der Waals surface area contributed by atoms with Crippen molar-refractivity contribution in [2.75, 3.05) is 0 Å². The van der Waals surface area contributed by atoms with Crippen molar-refractivity contribution in [3.63, 3.8) is 0 Å². The first kappa shape index (κ1) is 33.3. The molecule has 0 spiro atoms. The predicted molar refractivity (Wildman–Crippen MR) is 243 cm³/mol. The lowest BCUT2D eigenvalue weighted by molar-refractivity contribution is 0.660. The molecule has 2 aliphatic carbocycles. The Morgan fingerprint density at radius 1 is 0.362 bits per heavy atom. The van der Waals surface area contributed by atoms with E-state index in [2.05, 4.69) is 185 Å². The van der Waals surface area contributed by atoms with E-state index in [1.165, 1.54) is 88.3 Å². The van der Waals surface area contributed by atoms with Gasteiger partial charge in [-0.3, -0.25) is 4.98 Å². The van der Waals surface area contributed by atoms with Crippen LogP contribution in [0.4, 0.5) is 0 Å². The smallest absolute Gasteiger partial charge is 0.0972 e. The van der Waals surface area contributed by atoms with Crippen molar-refractivity contribution in [2.24, 2.45) is 0 Å². The molecule has 0 aliphatic heterocycles. The fourth-order valence-corrected chi connectivity index (χ4v) is 10.6. The molecule has 0 radical (unpaired) electrons. The summed E-state index contributed by atoms with van der Waals surface area (Å²) in [6.45, 7) is 9.47.